The molecule has 1 amide bonds. The number of rotatable bonds is 4. The second kappa shape index (κ2) is 9.65. The van der Waals surface area contributed by atoms with E-state index >= 15 is 0 Å². The van der Waals surface area contributed by atoms with Crippen molar-refractivity contribution in [2.75, 3.05) is 0 Å². The Morgan fingerprint density at radius 2 is 1.76 bits per heavy atom. The van der Waals surface area contributed by atoms with Crippen molar-refractivity contribution in [2.24, 2.45) is 16.9 Å². The number of hydrogen-bond acceptors (Lipinski definition) is 3. The third-order valence-corrected chi connectivity index (χ3v) is 6.85. The molecule has 2 heterocycles. The molecule has 5 rings (SSSR count). The highest BCUT2D eigenvalue weighted by Gasteiger charge is 2.44. The predicted molar refractivity (Wildman–Crippen MR) is 138 cm³/mol. The number of amides is 1. The fourth-order valence-electron chi connectivity index (χ4n) is 4.84. The van der Waals surface area contributed by atoms with E-state index in [1.807, 2.05) is 54.6 Å². The smallest absolute Gasteiger partial charge is 0.267 e. The maximum Gasteiger partial charge on any atom is 0.267 e. The highest BCUT2D eigenvalue weighted by Crippen LogP contribution is 2.46. The Morgan fingerprint density at radius 3 is 2.44 bits per heavy atom. The molecule has 172 valence electrons. The molecule has 0 saturated heterocycles. The lowest BCUT2D eigenvalue weighted by Gasteiger charge is -2.32. The van der Waals surface area contributed by atoms with Crippen LogP contribution in [0.3, 0.4) is 0 Å². The van der Waals surface area contributed by atoms with Crippen molar-refractivity contribution in [3.05, 3.63) is 106 Å². The zero-order chi connectivity index (χ0) is 23.7. The van der Waals surface area contributed by atoms with Gasteiger partial charge in [-0.2, -0.15) is 5.10 Å². The van der Waals surface area contributed by atoms with Crippen LogP contribution in [0.25, 0.3) is 12.2 Å². The number of nitrogens with zero attached hydrogens (tertiary/aromatic N) is 2. The summed E-state index contributed by atoms with van der Waals surface area (Å²) in [7, 11) is 0. The molecule has 1 aromatic heterocycles. The second-order valence-electron chi connectivity index (χ2n) is 8.89. The average molecular weight is 491 g/mol. The van der Waals surface area contributed by atoms with Crippen LogP contribution in [-0.4, -0.2) is 16.6 Å². The van der Waals surface area contributed by atoms with Gasteiger partial charge < -0.3 is 4.42 Å². The van der Waals surface area contributed by atoms with Crippen LogP contribution < -0.4 is 0 Å². The van der Waals surface area contributed by atoms with Crippen molar-refractivity contribution in [1.82, 2.24) is 5.01 Å². The first-order valence-electron chi connectivity index (χ1n) is 11.3. The SMILES string of the molecule is C[C@@H]1C/C(=C\c2ccc(Cl)cc2)C2=NN(C(=O)/C=C/c3ccco3)[C@@H](c3ccc(Cl)cc3)[C@H]2C1. The van der Waals surface area contributed by atoms with E-state index in [1.165, 1.54) is 6.08 Å². The third kappa shape index (κ3) is 4.75. The standard InChI is InChI=1S/C28H24Cl2N2O2/c1-18-15-21(17-19-4-8-22(29)9-5-19)27-25(16-18)28(20-6-10-23(30)11-7-20)32(31-27)26(33)13-12-24-3-2-14-34-24/h2-14,17-18,25,28H,15-16H2,1H3/b13-12+,21-17+/t18-,25+,28+/m1/s1. The fourth-order valence-corrected chi connectivity index (χ4v) is 5.09. The van der Waals surface area contributed by atoms with Crippen LogP contribution in [0.1, 0.15) is 42.7 Å². The van der Waals surface area contributed by atoms with Gasteiger partial charge in [-0.05, 0) is 84.0 Å². The minimum atomic E-state index is -0.197. The van der Waals surface area contributed by atoms with Gasteiger partial charge in [0, 0.05) is 22.0 Å². The Morgan fingerprint density at radius 1 is 1.06 bits per heavy atom. The van der Waals surface area contributed by atoms with E-state index < -0.39 is 0 Å². The quantitative estimate of drug-likeness (QED) is 0.352. The van der Waals surface area contributed by atoms with Gasteiger partial charge in [0.2, 0.25) is 0 Å². The van der Waals surface area contributed by atoms with Crippen molar-refractivity contribution in [3.63, 3.8) is 0 Å². The molecule has 4 nitrogen and oxygen atoms in total. The van der Waals surface area contributed by atoms with Gasteiger partial charge in [0.1, 0.15) is 5.76 Å². The summed E-state index contributed by atoms with van der Waals surface area (Å²) in [6.07, 6.45) is 8.82. The van der Waals surface area contributed by atoms with Crippen LogP contribution in [0, 0.1) is 11.8 Å². The molecule has 3 aromatic rings. The Labute approximate surface area is 209 Å². The van der Waals surface area contributed by atoms with Gasteiger partial charge in [-0.1, -0.05) is 54.4 Å². The van der Waals surface area contributed by atoms with Crippen molar-refractivity contribution >= 4 is 47.0 Å². The molecule has 1 saturated carbocycles. The maximum absolute atomic E-state index is 13.3. The molecule has 0 spiro atoms. The lowest BCUT2D eigenvalue weighted by Crippen LogP contribution is -2.32. The molecule has 34 heavy (non-hydrogen) atoms. The van der Waals surface area contributed by atoms with Gasteiger partial charge in [0.15, 0.2) is 0 Å². The predicted octanol–water partition coefficient (Wildman–Crippen LogP) is 7.67. The maximum atomic E-state index is 13.3. The summed E-state index contributed by atoms with van der Waals surface area (Å²) in [4.78, 5) is 13.3. The zero-order valence-corrected chi connectivity index (χ0v) is 20.2. The summed E-state index contributed by atoms with van der Waals surface area (Å²) >= 11 is 12.2. The number of hydrazone groups is 1. The van der Waals surface area contributed by atoms with Gasteiger partial charge in [-0.15, -0.1) is 0 Å². The number of halogens is 2. The first-order valence-corrected chi connectivity index (χ1v) is 12.1. The number of benzene rings is 2. The lowest BCUT2D eigenvalue weighted by molar-refractivity contribution is -0.128. The summed E-state index contributed by atoms with van der Waals surface area (Å²) in [5.74, 6) is 1.00. The van der Waals surface area contributed by atoms with Gasteiger partial charge in [-0.3, -0.25) is 4.79 Å². The Kier molecular flexibility index (Phi) is 6.44. The van der Waals surface area contributed by atoms with Crippen LogP contribution in [0.2, 0.25) is 10.0 Å². The molecule has 2 aromatic carbocycles. The summed E-state index contributed by atoms with van der Waals surface area (Å²) < 4.78 is 5.35. The molecule has 1 aliphatic heterocycles. The van der Waals surface area contributed by atoms with Gasteiger partial charge in [0.05, 0.1) is 18.0 Å². The fraction of sp³-hybridized carbons (Fsp3) is 0.214. The monoisotopic (exact) mass is 490 g/mol. The highest BCUT2D eigenvalue weighted by molar-refractivity contribution is 6.30. The Bertz CT molecular complexity index is 1260. The van der Waals surface area contributed by atoms with E-state index in [4.69, 9.17) is 32.7 Å². The van der Waals surface area contributed by atoms with Crippen LogP contribution in [-0.2, 0) is 4.79 Å². The van der Waals surface area contributed by atoms with Crippen LogP contribution in [0.4, 0.5) is 0 Å². The molecule has 1 fully saturated rings. The first kappa shape index (κ1) is 22.7. The minimum absolute atomic E-state index is 0.101. The van der Waals surface area contributed by atoms with Crippen molar-refractivity contribution in [2.45, 2.75) is 25.8 Å². The molecule has 2 aliphatic rings. The Hall–Kier alpha value is -3.08. The molecular weight excluding hydrogens is 467 g/mol. The number of carbonyl (C=O) groups excluding carboxylic acids is 1. The molecule has 1 aliphatic carbocycles. The highest BCUT2D eigenvalue weighted by atomic mass is 35.5. The average Bonchev–Trinajstić information content (AvgIpc) is 3.48. The molecule has 0 radical (unpaired) electrons. The minimum Gasteiger partial charge on any atom is -0.465 e. The summed E-state index contributed by atoms with van der Waals surface area (Å²) in [6.45, 7) is 2.26. The van der Waals surface area contributed by atoms with E-state index in [1.54, 1.807) is 23.4 Å². The normalized spacial score (nSPS) is 23.4. The van der Waals surface area contributed by atoms with Gasteiger partial charge in [-0.25, -0.2) is 5.01 Å². The largest absolute Gasteiger partial charge is 0.465 e. The summed E-state index contributed by atoms with van der Waals surface area (Å²) in [5.41, 5.74) is 4.23. The second-order valence-corrected chi connectivity index (χ2v) is 9.76. The van der Waals surface area contributed by atoms with Crippen LogP contribution in [0.15, 0.2) is 88.1 Å². The first-order chi connectivity index (χ1) is 16.5. The van der Waals surface area contributed by atoms with Gasteiger partial charge in [0.25, 0.3) is 5.91 Å². The Balaban J connectivity index is 1.54. The number of hydrogen-bond donors (Lipinski definition) is 0. The number of furan rings is 1. The molecule has 0 N–H and O–H groups in total. The van der Waals surface area contributed by atoms with Crippen LogP contribution in [0.5, 0.6) is 0 Å². The van der Waals surface area contributed by atoms with E-state index in [0.717, 1.165) is 35.3 Å². The van der Waals surface area contributed by atoms with Gasteiger partial charge >= 0.3 is 0 Å². The van der Waals surface area contributed by atoms with E-state index in [2.05, 4.69) is 13.0 Å². The van der Waals surface area contributed by atoms with Crippen LogP contribution >= 0.6 is 23.2 Å². The molecule has 0 bridgehead atoms. The summed E-state index contributed by atoms with van der Waals surface area (Å²) in [5, 5.41) is 7.90. The summed E-state index contributed by atoms with van der Waals surface area (Å²) in [6, 6.07) is 18.9. The molecule has 6 heteroatoms. The third-order valence-electron chi connectivity index (χ3n) is 6.35. The number of allylic oxidation sites excluding steroid dienone is 1. The van der Waals surface area contributed by atoms with E-state index in [0.29, 0.717) is 21.7 Å². The van der Waals surface area contributed by atoms with E-state index in [9.17, 15) is 4.79 Å². The lowest BCUT2D eigenvalue weighted by atomic mass is 9.73. The number of carbonyl (C=O) groups is 1. The topological polar surface area (TPSA) is 45.8 Å². The molecule has 3 atom stereocenters. The zero-order valence-electron chi connectivity index (χ0n) is 18.7. The van der Waals surface area contributed by atoms with Crippen molar-refractivity contribution in [1.29, 1.82) is 0 Å². The van der Waals surface area contributed by atoms with Crippen molar-refractivity contribution < 1.29 is 9.21 Å². The van der Waals surface area contributed by atoms with E-state index in [-0.39, 0.29) is 17.9 Å². The van der Waals surface area contributed by atoms with Crippen molar-refractivity contribution in [3.8, 4) is 0 Å². The molecule has 0 unspecified atom stereocenters. The molecular formula is C28H24Cl2N2O2. The number of fused-ring (bicyclic) bond motifs is 1.